The average molecular weight is 434 g/mol. The van der Waals surface area contributed by atoms with Crippen molar-refractivity contribution in [1.29, 1.82) is 0 Å². The summed E-state index contributed by atoms with van der Waals surface area (Å²) < 4.78 is 67.5. The van der Waals surface area contributed by atoms with Crippen LogP contribution in [0.2, 0.25) is 5.02 Å². The van der Waals surface area contributed by atoms with Crippen LogP contribution in [-0.4, -0.2) is 27.5 Å². The van der Waals surface area contributed by atoms with Crippen LogP contribution in [-0.2, 0) is 16.2 Å². The Morgan fingerprint density at radius 2 is 1.89 bits per heavy atom. The fraction of sp³-hybridized carbons (Fsp3) is 0.333. The van der Waals surface area contributed by atoms with Crippen LogP contribution in [0.25, 0.3) is 11.1 Å². The minimum absolute atomic E-state index is 0.0330. The minimum atomic E-state index is -4.66. The summed E-state index contributed by atoms with van der Waals surface area (Å²) in [6, 6.07) is 7.23. The monoisotopic (exact) mass is 433 g/mol. The Hall–Kier alpha value is -1.81. The first-order valence-corrected chi connectivity index (χ1v) is 10.4. The maximum Gasteiger partial charge on any atom is 0.417 e. The lowest BCUT2D eigenvalue weighted by Crippen LogP contribution is -2.37. The van der Waals surface area contributed by atoms with E-state index in [-0.39, 0.29) is 39.3 Å². The van der Waals surface area contributed by atoms with E-state index >= 15 is 0 Å². The van der Waals surface area contributed by atoms with Crippen molar-refractivity contribution >= 4 is 27.3 Å². The maximum absolute atomic E-state index is 13.4. The van der Waals surface area contributed by atoms with Crippen LogP contribution in [0.1, 0.15) is 18.4 Å². The highest BCUT2D eigenvalue weighted by Gasteiger charge is 2.35. The van der Waals surface area contributed by atoms with E-state index in [1.54, 1.807) is 0 Å². The summed E-state index contributed by atoms with van der Waals surface area (Å²) in [4.78, 5) is -0.0330. The molecule has 0 unspecified atom stereocenters. The van der Waals surface area contributed by atoms with Gasteiger partial charge in [0.1, 0.15) is 0 Å². The summed E-state index contributed by atoms with van der Waals surface area (Å²) >= 11 is 6.01. The number of rotatable bonds is 5. The molecule has 0 spiro atoms. The van der Waals surface area contributed by atoms with E-state index in [4.69, 9.17) is 17.3 Å². The topological polar surface area (TPSA) is 84.2 Å². The smallest absolute Gasteiger partial charge is 0.399 e. The van der Waals surface area contributed by atoms with Crippen molar-refractivity contribution in [1.82, 2.24) is 10.0 Å². The number of alkyl halides is 3. The number of hydrogen-bond acceptors (Lipinski definition) is 4. The van der Waals surface area contributed by atoms with E-state index < -0.39 is 21.8 Å². The average Bonchev–Trinajstić information content (AvgIpc) is 3.12. The summed E-state index contributed by atoms with van der Waals surface area (Å²) in [5, 5.41) is 3.03. The molecule has 5 nitrogen and oxygen atoms in total. The molecule has 1 heterocycles. The highest BCUT2D eigenvalue weighted by Crippen LogP contribution is 2.42. The number of nitrogens with one attached hydrogen (secondary N) is 2. The number of sulfonamides is 1. The van der Waals surface area contributed by atoms with Crippen LogP contribution in [0.4, 0.5) is 18.9 Å². The Kier molecular flexibility index (Phi) is 5.90. The number of benzene rings is 2. The lowest BCUT2D eigenvalue weighted by Gasteiger charge is -2.16. The molecule has 152 valence electrons. The Balaban J connectivity index is 1.89. The minimum Gasteiger partial charge on any atom is -0.399 e. The molecule has 2 aromatic rings. The number of anilines is 1. The zero-order valence-electron chi connectivity index (χ0n) is 14.7. The number of hydrogen-bond donors (Lipinski definition) is 3. The molecule has 0 saturated carbocycles. The molecular weight excluding hydrogens is 415 g/mol. The summed E-state index contributed by atoms with van der Waals surface area (Å²) in [5.74, 6) is 0. The van der Waals surface area contributed by atoms with Crippen molar-refractivity contribution < 1.29 is 21.6 Å². The van der Waals surface area contributed by atoms with E-state index in [1.807, 2.05) is 0 Å². The summed E-state index contributed by atoms with van der Waals surface area (Å²) in [6.45, 7) is 1.11. The highest BCUT2D eigenvalue weighted by atomic mass is 35.5. The third kappa shape index (κ3) is 4.60. The summed E-state index contributed by atoms with van der Waals surface area (Å²) in [7, 11) is -3.77. The van der Waals surface area contributed by atoms with Gasteiger partial charge >= 0.3 is 6.18 Å². The molecule has 0 aliphatic carbocycles. The molecule has 0 bridgehead atoms. The van der Waals surface area contributed by atoms with Gasteiger partial charge in [0.05, 0.1) is 15.5 Å². The molecule has 1 aliphatic rings. The molecule has 4 N–H and O–H groups in total. The van der Waals surface area contributed by atoms with Crippen LogP contribution >= 0.6 is 11.6 Å². The van der Waals surface area contributed by atoms with Crippen molar-refractivity contribution in [2.45, 2.75) is 30.0 Å². The van der Waals surface area contributed by atoms with Gasteiger partial charge in [0.2, 0.25) is 10.0 Å². The molecule has 1 atom stereocenters. The molecular formula is C18H19ClF3N3O2S. The fourth-order valence-corrected chi connectivity index (χ4v) is 4.59. The predicted molar refractivity (Wildman–Crippen MR) is 103 cm³/mol. The molecule has 3 rings (SSSR count). The lowest BCUT2D eigenvalue weighted by molar-refractivity contribution is -0.137. The van der Waals surface area contributed by atoms with Crippen molar-refractivity contribution in [2.75, 3.05) is 18.8 Å². The SMILES string of the molecule is Nc1cc(Cl)c(-c2ccc(S(=O)(=O)NC[C@@H]3CCCN3)cc2)c(C(F)(F)F)c1. The van der Waals surface area contributed by atoms with E-state index in [1.165, 1.54) is 30.3 Å². The predicted octanol–water partition coefficient (Wildman–Crippen LogP) is 3.64. The molecule has 1 saturated heterocycles. The Morgan fingerprint density at radius 1 is 1.21 bits per heavy atom. The van der Waals surface area contributed by atoms with Gasteiger partial charge in [-0.3, -0.25) is 0 Å². The molecule has 0 amide bonds. The molecule has 28 heavy (non-hydrogen) atoms. The fourth-order valence-electron chi connectivity index (χ4n) is 3.17. The standard InChI is InChI=1S/C18H19ClF3N3O2S/c19-16-9-12(23)8-15(18(20,21)22)17(16)11-3-5-14(6-4-11)28(26,27)25-10-13-2-1-7-24-13/h3-6,8-9,13,24-25H,1-2,7,10,23H2/t13-/m0/s1. The lowest BCUT2D eigenvalue weighted by atomic mass is 9.98. The Bertz CT molecular complexity index is 957. The second-order valence-corrected chi connectivity index (χ2v) is 8.77. The third-order valence-corrected chi connectivity index (χ3v) is 6.29. The van der Waals surface area contributed by atoms with E-state index in [0.717, 1.165) is 25.5 Å². The zero-order valence-corrected chi connectivity index (χ0v) is 16.3. The van der Waals surface area contributed by atoms with Crippen LogP contribution < -0.4 is 15.8 Å². The second kappa shape index (κ2) is 7.90. The number of halogens is 4. The van der Waals surface area contributed by atoms with E-state index in [2.05, 4.69) is 10.0 Å². The van der Waals surface area contributed by atoms with Gasteiger partial charge in [-0.25, -0.2) is 13.1 Å². The van der Waals surface area contributed by atoms with Crippen molar-refractivity contribution in [3.05, 3.63) is 47.0 Å². The number of nitrogens with two attached hydrogens (primary N) is 1. The van der Waals surface area contributed by atoms with Gasteiger partial charge < -0.3 is 11.1 Å². The van der Waals surface area contributed by atoms with Gasteiger partial charge in [-0.15, -0.1) is 0 Å². The first-order valence-electron chi connectivity index (χ1n) is 8.57. The van der Waals surface area contributed by atoms with Gasteiger partial charge in [0, 0.05) is 23.8 Å². The molecule has 0 aromatic heterocycles. The first kappa shape index (κ1) is 20.9. The normalized spacial score (nSPS) is 17.8. The highest BCUT2D eigenvalue weighted by molar-refractivity contribution is 7.89. The number of nitrogen functional groups attached to an aromatic ring is 1. The third-order valence-electron chi connectivity index (χ3n) is 4.55. The Labute approximate surface area is 166 Å². The zero-order chi connectivity index (χ0) is 20.5. The van der Waals surface area contributed by atoms with Crippen molar-refractivity contribution in [3.8, 4) is 11.1 Å². The van der Waals surface area contributed by atoms with E-state index in [9.17, 15) is 21.6 Å². The van der Waals surface area contributed by atoms with Gasteiger partial charge in [-0.2, -0.15) is 13.2 Å². The van der Waals surface area contributed by atoms with Gasteiger partial charge in [-0.1, -0.05) is 23.7 Å². The van der Waals surface area contributed by atoms with Crippen LogP contribution in [0.15, 0.2) is 41.3 Å². The Morgan fingerprint density at radius 3 is 2.46 bits per heavy atom. The van der Waals surface area contributed by atoms with E-state index in [0.29, 0.717) is 0 Å². The summed E-state index contributed by atoms with van der Waals surface area (Å²) in [6.07, 6.45) is -2.78. The first-order chi connectivity index (χ1) is 13.1. The van der Waals surface area contributed by atoms with Crippen LogP contribution in [0.3, 0.4) is 0 Å². The van der Waals surface area contributed by atoms with Crippen LogP contribution in [0, 0.1) is 0 Å². The summed E-state index contributed by atoms with van der Waals surface area (Å²) in [5.41, 5.74) is 4.32. The quantitative estimate of drug-likeness (QED) is 0.628. The maximum atomic E-state index is 13.4. The largest absolute Gasteiger partial charge is 0.417 e. The second-order valence-electron chi connectivity index (χ2n) is 6.59. The van der Waals surface area contributed by atoms with Crippen molar-refractivity contribution in [2.24, 2.45) is 0 Å². The molecule has 1 fully saturated rings. The molecule has 10 heteroatoms. The van der Waals surface area contributed by atoms with Crippen molar-refractivity contribution in [3.63, 3.8) is 0 Å². The van der Waals surface area contributed by atoms with Gasteiger partial charge in [0.25, 0.3) is 0 Å². The van der Waals surface area contributed by atoms with Gasteiger partial charge in [0.15, 0.2) is 0 Å². The van der Waals surface area contributed by atoms with Gasteiger partial charge in [-0.05, 0) is 49.2 Å². The molecule has 1 aliphatic heterocycles. The van der Waals surface area contributed by atoms with Crippen LogP contribution in [0.5, 0.6) is 0 Å². The molecule has 2 aromatic carbocycles. The molecule has 0 radical (unpaired) electrons.